The molecule has 0 spiro atoms. The van der Waals surface area contributed by atoms with Gasteiger partial charge in [0.05, 0.1) is 6.61 Å². The van der Waals surface area contributed by atoms with Gasteiger partial charge in [-0.15, -0.1) is 0 Å². The Kier molecular flexibility index (Phi) is 2.67. The minimum Gasteiger partial charge on any atom is -0.492 e. The van der Waals surface area contributed by atoms with E-state index in [-0.39, 0.29) is 5.41 Å². The van der Waals surface area contributed by atoms with Gasteiger partial charge in [-0.1, -0.05) is 25.7 Å². The predicted molar refractivity (Wildman–Crippen MR) is 68.1 cm³/mol. The van der Waals surface area contributed by atoms with Crippen molar-refractivity contribution in [2.75, 3.05) is 6.61 Å². The summed E-state index contributed by atoms with van der Waals surface area (Å²) in [6, 6.07) is 5.94. The standard InChI is InChI=1S/C15H18O2/c1-14(2)10-17-13-6-5-11(9-12(13)14)7-8-15(3,4)16/h5-6,9,16H,10H2,1-4H3. The van der Waals surface area contributed by atoms with Crippen LogP contribution >= 0.6 is 0 Å². The van der Waals surface area contributed by atoms with Crippen molar-refractivity contribution in [2.24, 2.45) is 0 Å². The molecule has 0 amide bonds. The highest BCUT2D eigenvalue weighted by Crippen LogP contribution is 2.38. The van der Waals surface area contributed by atoms with E-state index in [9.17, 15) is 5.11 Å². The first-order valence-electron chi connectivity index (χ1n) is 5.81. The van der Waals surface area contributed by atoms with Crippen molar-refractivity contribution in [1.82, 2.24) is 0 Å². The van der Waals surface area contributed by atoms with Gasteiger partial charge in [-0.05, 0) is 32.0 Å². The fourth-order valence-corrected chi connectivity index (χ4v) is 1.82. The molecule has 90 valence electrons. The second kappa shape index (κ2) is 3.78. The molecule has 1 aliphatic heterocycles. The molecular formula is C15H18O2. The number of ether oxygens (including phenoxy) is 1. The first-order valence-corrected chi connectivity index (χ1v) is 5.81. The SMILES string of the molecule is CC(C)(O)C#Cc1ccc2c(c1)C(C)(C)CO2. The second-order valence-corrected chi connectivity index (χ2v) is 5.69. The smallest absolute Gasteiger partial charge is 0.123 e. The molecule has 1 aromatic rings. The first kappa shape index (κ1) is 12.0. The zero-order valence-electron chi connectivity index (χ0n) is 10.8. The molecule has 1 aliphatic rings. The summed E-state index contributed by atoms with van der Waals surface area (Å²) < 4.78 is 5.62. The number of benzene rings is 1. The molecule has 0 aromatic heterocycles. The molecule has 2 heteroatoms. The molecule has 0 bridgehead atoms. The number of aliphatic hydroxyl groups is 1. The van der Waals surface area contributed by atoms with Gasteiger partial charge in [0.15, 0.2) is 0 Å². The zero-order valence-corrected chi connectivity index (χ0v) is 10.8. The van der Waals surface area contributed by atoms with E-state index in [1.54, 1.807) is 13.8 Å². The van der Waals surface area contributed by atoms with E-state index in [0.717, 1.165) is 11.3 Å². The van der Waals surface area contributed by atoms with E-state index in [4.69, 9.17) is 4.74 Å². The van der Waals surface area contributed by atoms with Crippen molar-refractivity contribution in [1.29, 1.82) is 0 Å². The van der Waals surface area contributed by atoms with Crippen molar-refractivity contribution in [3.05, 3.63) is 29.3 Å². The highest BCUT2D eigenvalue weighted by molar-refractivity contribution is 5.49. The second-order valence-electron chi connectivity index (χ2n) is 5.69. The number of hydrogen-bond acceptors (Lipinski definition) is 2. The van der Waals surface area contributed by atoms with Crippen LogP contribution in [0.2, 0.25) is 0 Å². The van der Waals surface area contributed by atoms with Crippen molar-refractivity contribution in [2.45, 2.75) is 38.7 Å². The Morgan fingerprint density at radius 1 is 1.35 bits per heavy atom. The molecule has 0 atom stereocenters. The van der Waals surface area contributed by atoms with Crippen molar-refractivity contribution >= 4 is 0 Å². The lowest BCUT2D eigenvalue weighted by atomic mass is 9.86. The third kappa shape index (κ3) is 2.62. The molecule has 17 heavy (non-hydrogen) atoms. The van der Waals surface area contributed by atoms with E-state index in [2.05, 4.69) is 31.8 Å². The Labute approximate surface area is 103 Å². The average molecular weight is 230 g/mol. The van der Waals surface area contributed by atoms with Crippen LogP contribution in [-0.4, -0.2) is 17.3 Å². The molecule has 0 saturated carbocycles. The fraction of sp³-hybridized carbons (Fsp3) is 0.467. The van der Waals surface area contributed by atoms with Gasteiger partial charge in [0.1, 0.15) is 11.4 Å². The van der Waals surface area contributed by atoms with Crippen LogP contribution in [0.1, 0.15) is 38.8 Å². The highest BCUT2D eigenvalue weighted by atomic mass is 16.5. The predicted octanol–water partition coefficient (Wildman–Crippen LogP) is 2.48. The summed E-state index contributed by atoms with van der Waals surface area (Å²) in [5, 5.41) is 9.58. The van der Waals surface area contributed by atoms with Gasteiger partial charge in [-0.3, -0.25) is 0 Å². The molecule has 0 unspecified atom stereocenters. The molecule has 0 fully saturated rings. The summed E-state index contributed by atoms with van der Waals surface area (Å²) in [6.07, 6.45) is 0. The maximum atomic E-state index is 9.58. The molecule has 0 aliphatic carbocycles. The molecule has 0 radical (unpaired) electrons. The van der Waals surface area contributed by atoms with Gasteiger partial charge in [-0.2, -0.15) is 0 Å². The van der Waals surface area contributed by atoms with E-state index >= 15 is 0 Å². The lowest BCUT2D eigenvalue weighted by Gasteiger charge is -2.15. The van der Waals surface area contributed by atoms with Crippen LogP contribution in [0.5, 0.6) is 5.75 Å². The Balaban J connectivity index is 2.37. The van der Waals surface area contributed by atoms with E-state index in [0.29, 0.717) is 6.61 Å². The normalized spacial score (nSPS) is 16.8. The Bertz CT molecular complexity index is 496. The Morgan fingerprint density at radius 2 is 2.06 bits per heavy atom. The highest BCUT2D eigenvalue weighted by Gasteiger charge is 2.31. The van der Waals surface area contributed by atoms with Crippen LogP contribution in [0, 0.1) is 11.8 Å². The van der Waals surface area contributed by atoms with Crippen molar-refractivity contribution < 1.29 is 9.84 Å². The third-order valence-corrected chi connectivity index (χ3v) is 2.81. The molecule has 1 N–H and O–H groups in total. The summed E-state index contributed by atoms with van der Waals surface area (Å²) in [5.41, 5.74) is 1.21. The van der Waals surface area contributed by atoms with Gasteiger partial charge in [0.2, 0.25) is 0 Å². The van der Waals surface area contributed by atoms with Crippen molar-refractivity contribution in [3.8, 4) is 17.6 Å². The molecule has 0 saturated heterocycles. The third-order valence-electron chi connectivity index (χ3n) is 2.81. The summed E-state index contributed by atoms with van der Waals surface area (Å²) in [6.45, 7) is 8.39. The summed E-state index contributed by atoms with van der Waals surface area (Å²) in [4.78, 5) is 0. The monoisotopic (exact) mass is 230 g/mol. The summed E-state index contributed by atoms with van der Waals surface area (Å²) >= 11 is 0. The minimum atomic E-state index is -0.953. The van der Waals surface area contributed by atoms with Gasteiger partial charge in [-0.25, -0.2) is 0 Å². The molecule has 2 rings (SSSR count). The lowest BCUT2D eigenvalue weighted by Crippen LogP contribution is -2.18. The summed E-state index contributed by atoms with van der Waals surface area (Å²) in [7, 11) is 0. The first-order chi connectivity index (χ1) is 7.78. The van der Waals surface area contributed by atoms with Crippen LogP contribution in [0.25, 0.3) is 0 Å². The van der Waals surface area contributed by atoms with Crippen LogP contribution in [-0.2, 0) is 5.41 Å². The molecular weight excluding hydrogens is 212 g/mol. The lowest BCUT2D eigenvalue weighted by molar-refractivity contribution is 0.143. The van der Waals surface area contributed by atoms with Crippen LogP contribution < -0.4 is 4.74 Å². The van der Waals surface area contributed by atoms with Gasteiger partial charge in [0, 0.05) is 16.5 Å². The van der Waals surface area contributed by atoms with E-state index in [1.807, 2.05) is 12.1 Å². The molecule has 2 nitrogen and oxygen atoms in total. The number of rotatable bonds is 0. The minimum absolute atomic E-state index is 0.0434. The Morgan fingerprint density at radius 3 is 2.71 bits per heavy atom. The number of fused-ring (bicyclic) bond motifs is 1. The van der Waals surface area contributed by atoms with Gasteiger partial charge >= 0.3 is 0 Å². The van der Waals surface area contributed by atoms with Crippen molar-refractivity contribution in [3.63, 3.8) is 0 Å². The van der Waals surface area contributed by atoms with E-state index < -0.39 is 5.60 Å². The van der Waals surface area contributed by atoms with E-state index in [1.165, 1.54) is 5.56 Å². The molecule has 1 heterocycles. The topological polar surface area (TPSA) is 29.5 Å². The van der Waals surface area contributed by atoms with Crippen LogP contribution in [0.15, 0.2) is 18.2 Å². The largest absolute Gasteiger partial charge is 0.492 e. The van der Waals surface area contributed by atoms with Gasteiger partial charge < -0.3 is 9.84 Å². The molecule has 1 aromatic carbocycles. The fourth-order valence-electron chi connectivity index (χ4n) is 1.82. The van der Waals surface area contributed by atoms with Crippen LogP contribution in [0.4, 0.5) is 0 Å². The Hall–Kier alpha value is -1.46. The quantitative estimate of drug-likeness (QED) is 0.694. The van der Waals surface area contributed by atoms with Gasteiger partial charge in [0.25, 0.3) is 0 Å². The number of hydrogen-bond donors (Lipinski definition) is 1. The van der Waals surface area contributed by atoms with Crippen LogP contribution in [0.3, 0.4) is 0 Å². The average Bonchev–Trinajstić information content (AvgIpc) is 2.51. The maximum absolute atomic E-state index is 9.58. The summed E-state index contributed by atoms with van der Waals surface area (Å²) in [5.74, 6) is 6.77. The maximum Gasteiger partial charge on any atom is 0.123 e. The zero-order chi connectivity index (χ0) is 12.7.